The van der Waals surface area contributed by atoms with Crippen molar-refractivity contribution >= 4 is 11.9 Å². The van der Waals surface area contributed by atoms with Crippen LogP contribution in [0.5, 0.6) is 0 Å². The zero-order valence-electron chi connectivity index (χ0n) is 9.34. The lowest BCUT2D eigenvalue weighted by Crippen LogP contribution is -2.14. The predicted octanol–water partition coefficient (Wildman–Crippen LogP) is 2.36. The molecular weight excluding hydrogens is 237 g/mol. The van der Waals surface area contributed by atoms with Crippen molar-refractivity contribution in [2.24, 2.45) is 0 Å². The van der Waals surface area contributed by atoms with Gasteiger partial charge in [0, 0.05) is 6.07 Å². The number of hydrogen-bond acceptors (Lipinski definition) is 4. The Bertz CT molecular complexity index is 534. The fraction of sp³-hybridized carbons (Fsp3) is 0.0833. The molecule has 5 nitrogen and oxygen atoms in total. The van der Waals surface area contributed by atoms with Gasteiger partial charge in [0.1, 0.15) is 18.8 Å². The molecule has 2 rings (SSSR count). The molecule has 1 amide bonds. The standard InChI is InChI=1S/C12H10FN3O2/c13-10-6-11(15-8-14-10)16-12(17)18-7-9-4-2-1-3-5-9/h1-6,8H,7H2,(H,14,15,16,17). The van der Waals surface area contributed by atoms with Crippen LogP contribution in [0.15, 0.2) is 42.7 Å². The van der Waals surface area contributed by atoms with E-state index < -0.39 is 12.0 Å². The van der Waals surface area contributed by atoms with E-state index in [1.54, 1.807) is 0 Å². The van der Waals surface area contributed by atoms with Crippen LogP contribution >= 0.6 is 0 Å². The van der Waals surface area contributed by atoms with Crippen molar-refractivity contribution in [3.63, 3.8) is 0 Å². The lowest BCUT2D eigenvalue weighted by Gasteiger charge is -2.06. The number of benzene rings is 1. The predicted molar refractivity (Wildman–Crippen MR) is 62.2 cm³/mol. The molecule has 0 saturated carbocycles. The molecule has 1 heterocycles. The molecule has 0 atom stereocenters. The number of rotatable bonds is 3. The molecule has 0 aliphatic heterocycles. The Balaban J connectivity index is 1.86. The fourth-order valence-corrected chi connectivity index (χ4v) is 1.27. The van der Waals surface area contributed by atoms with E-state index >= 15 is 0 Å². The maximum Gasteiger partial charge on any atom is 0.413 e. The molecular formula is C12H10FN3O2. The fourth-order valence-electron chi connectivity index (χ4n) is 1.27. The van der Waals surface area contributed by atoms with Crippen LogP contribution in [0.4, 0.5) is 15.0 Å². The number of ether oxygens (including phenoxy) is 1. The number of nitrogens with zero attached hydrogens (tertiary/aromatic N) is 2. The molecule has 6 heteroatoms. The maximum absolute atomic E-state index is 12.7. The minimum atomic E-state index is -0.719. The van der Waals surface area contributed by atoms with Crippen molar-refractivity contribution in [2.75, 3.05) is 5.32 Å². The Hall–Kier alpha value is -2.50. The second-order valence-corrected chi connectivity index (χ2v) is 3.41. The number of aromatic nitrogens is 2. The summed E-state index contributed by atoms with van der Waals surface area (Å²) in [4.78, 5) is 18.3. The topological polar surface area (TPSA) is 64.1 Å². The van der Waals surface area contributed by atoms with Gasteiger partial charge in [0.15, 0.2) is 0 Å². The molecule has 0 unspecified atom stereocenters. The number of carbonyl (C=O) groups excluding carboxylic acids is 1. The smallest absolute Gasteiger partial charge is 0.413 e. The summed E-state index contributed by atoms with van der Waals surface area (Å²) in [5, 5.41) is 2.30. The maximum atomic E-state index is 12.7. The van der Waals surface area contributed by atoms with Crippen molar-refractivity contribution in [3.05, 3.63) is 54.2 Å². The summed E-state index contributed by atoms with van der Waals surface area (Å²) in [5.41, 5.74) is 0.863. The lowest BCUT2D eigenvalue weighted by molar-refractivity contribution is 0.155. The highest BCUT2D eigenvalue weighted by molar-refractivity contribution is 5.83. The summed E-state index contributed by atoms with van der Waals surface area (Å²) in [6, 6.07) is 10.2. The van der Waals surface area contributed by atoms with Gasteiger partial charge in [0.2, 0.25) is 5.95 Å². The molecule has 1 N–H and O–H groups in total. The summed E-state index contributed by atoms with van der Waals surface area (Å²) in [7, 11) is 0. The van der Waals surface area contributed by atoms with E-state index in [4.69, 9.17) is 4.74 Å². The minimum Gasteiger partial charge on any atom is -0.444 e. The van der Waals surface area contributed by atoms with Gasteiger partial charge in [-0.1, -0.05) is 30.3 Å². The molecule has 0 aliphatic rings. The molecule has 2 aromatic rings. The molecule has 1 aromatic heterocycles. The third-order valence-electron chi connectivity index (χ3n) is 2.08. The van der Waals surface area contributed by atoms with Gasteiger partial charge >= 0.3 is 6.09 Å². The molecule has 0 radical (unpaired) electrons. The van der Waals surface area contributed by atoms with Crippen LogP contribution in [0.1, 0.15) is 5.56 Å². The third kappa shape index (κ3) is 3.51. The largest absolute Gasteiger partial charge is 0.444 e. The van der Waals surface area contributed by atoms with E-state index in [9.17, 15) is 9.18 Å². The second kappa shape index (κ2) is 5.72. The normalized spacial score (nSPS) is 9.83. The Morgan fingerprint density at radius 1 is 1.28 bits per heavy atom. The Morgan fingerprint density at radius 3 is 2.78 bits per heavy atom. The lowest BCUT2D eigenvalue weighted by atomic mass is 10.2. The molecule has 0 bridgehead atoms. The first-order valence-corrected chi connectivity index (χ1v) is 5.19. The molecule has 18 heavy (non-hydrogen) atoms. The van der Waals surface area contributed by atoms with E-state index in [1.807, 2.05) is 30.3 Å². The number of amides is 1. The molecule has 92 valence electrons. The minimum absolute atomic E-state index is 0.0561. The molecule has 0 aliphatic carbocycles. The molecule has 0 fully saturated rings. The van der Waals surface area contributed by atoms with E-state index in [0.717, 1.165) is 18.0 Å². The Morgan fingerprint density at radius 2 is 2.06 bits per heavy atom. The highest BCUT2D eigenvalue weighted by Crippen LogP contribution is 2.05. The van der Waals surface area contributed by atoms with Crippen molar-refractivity contribution in [2.45, 2.75) is 6.61 Å². The Labute approximate surface area is 103 Å². The summed E-state index contributed by atoms with van der Waals surface area (Å²) in [5.74, 6) is -0.663. The van der Waals surface area contributed by atoms with Crippen LogP contribution in [0.3, 0.4) is 0 Å². The monoisotopic (exact) mass is 247 g/mol. The van der Waals surface area contributed by atoms with Crippen molar-refractivity contribution < 1.29 is 13.9 Å². The highest BCUT2D eigenvalue weighted by Gasteiger charge is 2.05. The van der Waals surface area contributed by atoms with E-state index in [2.05, 4.69) is 15.3 Å². The first-order valence-electron chi connectivity index (χ1n) is 5.19. The van der Waals surface area contributed by atoms with Gasteiger partial charge in [-0.2, -0.15) is 4.39 Å². The van der Waals surface area contributed by atoms with E-state index in [0.29, 0.717) is 0 Å². The molecule has 0 spiro atoms. The van der Waals surface area contributed by atoms with Crippen molar-refractivity contribution in [3.8, 4) is 0 Å². The first-order chi connectivity index (χ1) is 8.74. The van der Waals surface area contributed by atoms with Crippen LogP contribution in [-0.2, 0) is 11.3 Å². The zero-order chi connectivity index (χ0) is 12.8. The summed E-state index contributed by atoms with van der Waals surface area (Å²) in [6.45, 7) is 0.139. The number of nitrogens with one attached hydrogen (secondary N) is 1. The van der Waals surface area contributed by atoms with Gasteiger partial charge in [-0.25, -0.2) is 14.8 Å². The highest BCUT2D eigenvalue weighted by atomic mass is 19.1. The quantitative estimate of drug-likeness (QED) is 0.845. The first kappa shape index (κ1) is 12.0. The number of carbonyl (C=O) groups is 1. The zero-order valence-corrected chi connectivity index (χ0v) is 9.34. The van der Waals surface area contributed by atoms with Crippen LogP contribution in [-0.4, -0.2) is 16.1 Å². The van der Waals surface area contributed by atoms with Gasteiger partial charge in [-0.3, -0.25) is 5.32 Å². The SMILES string of the molecule is O=C(Nc1cc(F)ncn1)OCc1ccccc1. The third-order valence-corrected chi connectivity index (χ3v) is 2.08. The van der Waals surface area contributed by atoms with Gasteiger partial charge in [0.25, 0.3) is 0 Å². The average Bonchev–Trinajstić information content (AvgIpc) is 2.38. The van der Waals surface area contributed by atoms with Gasteiger partial charge in [-0.15, -0.1) is 0 Å². The molecule has 1 aromatic carbocycles. The number of halogens is 1. The summed E-state index contributed by atoms with van der Waals surface area (Å²) >= 11 is 0. The van der Waals surface area contributed by atoms with Crippen LogP contribution in [0.25, 0.3) is 0 Å². The van der Waals surface area contributed by atoms with Crippen molar-refractivity contribution in [1.82, 2.24) is 9.97 Å². The second-order valence-electron chi connectivity index (χ2n) is 3.41. The molecule has 0 saturated heterocycles. The Kier molecular flexibility index (Phi) is 3.80. The van der Waals surface area contributed by atoms with Crippen LogP contribution in [0, 0.1) is 5.95 Å². The van der Waals surface area contributed by atoms with Gasteiger partial charge in [-0.05, 0) is 5.56 Å². The number of hydrogen-bond donors (Lipinski definition) is 1. The van der Waals surface area contributed by atoms with Crippen LogP contribution in [0.2, 0.25) is 0 Å². The average molecular weight is 247 g/mol. The van der Waals surface area contributed by atoms with Gasteiger partial charge in [0.05, 0.1) is 0 Å². The van der Waals surface area contributed by atoms with Gasteiger partial charge < -0.3 is 4.74 Å². The summed E-state index contributed by atoms with van der Waals surface area (Å²) < 4.78 is 17.7. The van der Waals surface area contributed by atoms with E-state index in [-0.39, 0.29) is 12.4 Å². The summed E-state index contributed by atoms with van der Waals surface area (Å²) in [6.07, 6.45) is 0.319. The van der Waals surface area contributed by atoms with Crippen molar-refractivity contribution in [1.29, 1.82) is 0 Å². The van der Waals surface area contributed by atoms with E-state index in [1.165, 1.54) is 0 Å². The van der Waals surface area contributed by atoms with Crippen LogP contribution < -0.4 is 5.32 Å². The number of anilines is 1.